The van der Waals surface area contributed by atoms with Gasteiger partial charge in [-0.25, -0.2) is 9.78 Å². The second-order valence-electron chi connectivity index (χ2n) is 3.93. The number of β-amino-alcohol motifs (C(OH)–C–C–N with tert-alkyl or cyclic N) is 1. The molecule has 16 heavy (non-hydrogen) atoms. The predicted molar refractivity (Wildman–Crippen MR) is 58.7 cm³/mol. The molecule has 1 aromatic rings. The number of anilines is 1. The Balaban J connectivity index is 2.19. The van der Waals surface area contributed by atoms with Crippen LogP contribution in [0.3, 0.4) is 0 Å². The number of carboxylic acid groups (broad SMARTS) is 1. The van der Waals surface area contributed by atoms with Crippen molar-refractivity contribution in [2.24, 2.45) is 0 Å². The first-order valence-corrected chi connectivity index (χ1v) is 5.30. The Hall–Kier alpha value is -1.62. The van der Waals surface area contributed by atoms with Crippen molar-refractivity contribution in [3.8, 4) is 0 Å². The van der Waals surface area contributed by atoms with Crippen LogP contribution < -0.4 is 4.90 Å². The highest BCUT2D eigenvalue weighted by Crippen LogP contribution is 2.18. The fourth-order valence-electron chi connectivity index (χ4n) is 1.88. The number of nitrogens with zero attached hydrogens (tertiary/aromatic N) is 2. The summed E-state index contributed by atoms with van der Waals surface area (Å²) in [5.41, 5.74) is 0.0394. The van der Waals surface area contributed by atoms with Gasteiger partial charge in [-0.1, -0.05) is 6.07 Å². The van der Waals surface area contributed by atoms with Crippen LogP contribution in [0, 0.1) is 0 Å². The second-order valence-corrected chi connectivity index (χ2v) is 3.93. The molecule has 5 heteroatoms. The van der Waals surface area contributed by atoms with E-state index in [1.807, 2.05) is 4.90 Å². The van der Waals surface area contributed by atoms with Crippen molar-refractivity contribution in [1.82, 2.24) is 4.98 Å². The van der Waals surface area contributed by atoms with Gasteiger partial charge in [-0.2, -0.15) is 0 Å². The molecule has 2 rings (SSSR count). The van der Waals surface area contributed by atoms with Crippen LogP contribution in [-0.4, -0.2) is 40.4 Å². The monoisotopic (exact) mass is 222 g/mol. The standard InChI is InChI=1S/C11H14N2O3/c14-8-3-2-6-13(7-8)10-5-1-4-9(12-10)11(15)16/h1,4-5,8,14H,2-3,6-7H2,(H,15,16)/t8-/m0/s1. The van der Waals surface area contributed by atoms with Gasteiger partial charge in [0.2, 0.25) is 0 Å². The molecule has 1 aliphatic heterocycles. The highest BCUT2D eigenvalue weighted by molar-refractivity contribution is 5.85. The van der Waals surface area contributed by atoms with Gasteiger partial charge in [0.05, 0.1) is 6.10 Å². The fourth-order valence-corrected chi connectivity index (χ4v) is 1.88. The second kappa shape index (κ2) is 4.49. The minimum atomic E-state index is -1.03. The zero-order valence-corrected chi connectivity index (χ0v) is 8.83. The van der Waals surface area contributed by atoms with E-state index in [1.165, 1.54) is 6.07 Å². The summed E-state index contributed by atoms with van der Waals surface area (Å²) in [6.07, 6.45) is 1.36. The van der Waals surface area contributed by atoms with Crippen LogP contribution in [0.5, 0.6) is 0 Å². The Morgan fingerprint density at radius 2 is 2.31 bits per heavy atom. The summed E-state index contributed by atoms with van der Waals surface area (Å²) in [5, 5.41) is 18.4. The largest absolute Gasteiger partial charge is 0.477 e. The summed E-state index contributed by atoms with van der Waals surface area (Å²) in [5.74, 6) is -0.405. The Bertz CT molecular complexity index is 395. The summed E-state index contributed by atoms with van der Waals surface area (Å²) in [6, 6.07) is 4.91. The van der Waals surface area contributed by atoms with E-state index < -0.39 is 5.97 Å². The number of rotatable bonds is 2. The number of carbonyl (C=O) groups is 1. The van der Waals surface area contributed by atoms with Crippen LogP contribution in [0.4, 0.5) is 5.82 Å². The first-order chi connectivity index (χ1) is 7.66. The first kappa shape index (κ1) is 10.9. The van der Waals surface area contributed by atoms with Gasteiger partial charge in [0, 0.05) is 13.1 Å². The van der Waals surface area contributed by atoms with E-state index in [0.29, 0.717) is 12.4 Å². The summed E-state index contributed by atoms with van der Waals surface area (Å²) in [7, 11) is 0. The quantitative estimate of drug-likeness (QED) is 0.772. The van der Waals surface area contributed by atoms with E-state index >= 15 is 0 Å². The molecule has 1 aromatic heterocycles. The van der Waals surface area contributed by atoms with Crippen molar-refractivity contribution in [3.05, 3.63) is 23.9 Å². The summed E-state index contributed by atoms with van der Waals surface area (Å²) >= 11 is 0. The molecule has 5 nitrogen and oxygen atoms in total. The number of aliphatic hydroxyl groups is 1. The molecular formula is C11H14N2O3. The minimum absolute atomic E-state index is 0.0394. The number of pyridine rings is 1. The van der Waals surface area contributed by atoms with Gasteiger partial charge >= 0.3 is 5.97 Å². The van der Waals surface area contributed by atoms with Gasteiger partial charge in [0.25, 0.3) is 0 Å². The lowest BCUT2D eigenvalue weighted by molar-refractivity contribution is 0.0690. The van der Waals surface area contributed by atoms with E-state index in [2.05, 4.69) is 4.98 Å². The van der Waals surface area contributed by atoms with Crippen LogP contribution in [0.25, 0.3) is 0 Å². The molecule has 0 aromatic carbocycles. The predicted octanol–water partition coefficient (Wildman–Crippen LogP) is 0.741. The summed E-state index contributed by atoms with van der Waals surface area (Å²) < 4.78 is 0. The van der Waals surface area contributed by atoms with Crippen molar-refractivity contribution < 1.29 is 15.0 Å². The number of hydrogen-bond donors (Lipinski definition) is 2. The molecule has 0 radical (unpaired) electrons. The number of aromatic carboxylic acids is 1. The Morgan fingerprint density at radius 3 is 3.00 bits per heavy atom. The van der Waals surface area contributed by atoms with Gasteiger partial charge < -0.3 is 15.1 Å². The van der Waals surface area contributed by atoms with Crippen molar-refractivity contribution in [2.45, 2.75) is 18.9 Å². The van der Waals surface area contributed by atoms with E-state index in [4.69, 9.17) is 5.11 Å². The summed E-state index contributed by atoms with van der Waals surface area (Å²) in [6.45, 7) is 1.34. The highest BCUT2D eigenvalue weighted by Gasteiger charge is 2.19. The van der Waals surface area contributed by atoms with Crippen LogP contribution >= 0.6 is 0 Å². The number of carboxylic acids is 1. The maximum Gasteiger partial charge on any atom is 0.354 e. The lowest BCUT2D eigenvalue weighted by atomic mass is 10.1. The van der Waals surface area contributed by atoms with Gasteiger partial charge in [-0.15, -0.1) is 0 Å². The topological polar surface area (TPSA) is 73.7 Å². The van der Waals surface area contributed by atoms with E-state index in [-0.39, 0.29) is 11.8 Å². The normalized spacial score (nSPS) is 20.8. The molecule has 0 unspecified atom stereocenters. The number of aromatic nitrogens is 1. The molecule has 0 amide bonds. The fraction of sp³-hybridized carbons (Fsp3) is 0.455. The third-order valence-electron chi connectivity index (χ3n) is 2.67. The maximum absolute atomic E-state index is 10.8. The average molecular weight is 222 g/mol. The van der Waals surface area contributed by atoms with Gasteiger partial charge in [0.15, 0.2) is 5.69 Å². The number of aliphatic hydroxyl groups excluding tert-OH is 1. The third-order valence-corrected chi connectivity index (χ3v) is 2.67. The highest BCUT2D eigenvalue weighted by atomic mass is 16.4. The molecule has 0 bridgehead atoms. The number of hydrogen-bond acceptors (Lipinski definition) is 4. The van der Waals surface area contributed by atoms with Gasteiger partial charge in [-0.05, 0) is 25.0 Å². The van der Waals surface area contributed by atoms with Crippen molar-refractivity contribution >= 4 is 11.8 Å². The zero-order valence-electron chi connectivity index (χ0n) is 8.83. The molecule has 1 saturated heterocycles. The average Bonchev–Trinajstić information content (AvgIpc) is 2.29. The Morgan fingerprint density at radius 1 is 1.50 bits per heavy atom. The summed E-state index contributed by atoms with van der Waals surface area (Å²) in [4.78, 5) is 16.7. The Kier molecular flexibility index (Phi) is 3.05. The van der Waals surface area contributed by atoms with E-state index in [0.717, 1.165) is 19.4 Å². The van der Waals surface area contributed by atoms with Crippen molar-refractivity contribution in [1.29, 1.82) is 0 Å². The lowest BCUT2D eigenvalue weighted by Gasteiger charge is -2.31. The lowest BCUT2D eigenvalue weighted by Crippen LogP contribution is -2.38. The molecule has 1 atom stereocenters. The first-order valence-electron chi connectivity index (χ1n) is 5.30. The zero-order chi connectivity index (χ0) is 11.5. The van der Waals surface area contributed by atoms with Crippen LogP contribution in [0.2, 0.25) is 0 Å². The van der Waals surface area contributed by atoms with E-state index in [9.17, 15) is 9.90 Å². The number of piperidine rings is 1. The van der Waals surface area contributed by atoms with Crippen molar-refractivity contribution in [2.75, 3.05) is 18.0 Å². The molecular weight excluding hydrogens is 208 g/mol. The van der Waals surface area contributed by atoms with Crippen LogP contribution in [-0.2, 0) is 0 Å². The molecule has 0 saturated carbocycles. The molecule has 0 spiro atoms. The van der Waals surface area contributed by atoms with E-state index in [1.54, 1.807) is 12.1 Å². The van der Waals surface area contributed by atoms with Gasteiger partial charge in [-0.3, -0.25) is 0 Å². The molecule has 0 aliphatic carbocycles. The van der Waals surface area contributed by atoms with Gasteiger partial charge in [0.1, 0.15) is 5.82 Å². The molecule has 86 valence electrons. The smallest absolute Gasteiger partial charge is 0.354 e. The minimum Gasteiger partial charge on any atom is -0.477 e. The molecule has 2 heterocycles. The van der Waals surface area contributed by atoms with Crippen LogP contribution in [0.15, 0.2) is 18.2 Å². The Labute approximate surface area is 93.3 Å². The maximum atomic E-state index is 10.8. The van der Waals surface area contributed by atoms with Crippen LogP contribution in [0.1, 0.15) is 23.3 Å². The molecule has 1 fully saturated rings. The third kappa shape index (κ3) is 2.30. The SMILES string of the molecule is O=C(O)c1cccc(N2CCC[C@H](O)C2)n1. The molecule has 1 aliphatic rings. The molecule has 2 N–H and O–H groups in total. The van der Waals surface area contributed by atoms with Crippen molar-refractivity contribution in [3.63, 3.8) is 0 Å².